The molecule has 0 N–H and O–H groups in total. The van der Waals surface area contributed by atoms with E-state index in [4.69, 9.17) is 9.47 Å². The average Bonchev–Trinajstić information content (AvgIpc) is 2.91. The lowest BCUT2D eigenvalue weighted by molar-refractivity contribution is -0.150. The van der Waals surface area contributed by atoms with Crippen molar-refractivity contribution < 1.29 is 14.3 Å². The minimum absolute atomic E-state index is 0.00442. The van der Waals surface area contributed by atoms with Crippen LogP contribution >= 0.6 is 0 Å². The molecule has 6 heteroatoms. The highest BCUT2D eigenvalue weighted by Crippen LogP contribution is 2.40. The molecule has 1 spiro atoms. The predicted molar refractivity (Wildman–Crippen MR) is 85.8 cm³/mol. The van der Waals surface area contributed by atoms with Crippen LogP contribution in [0.25, 0.3) is 0 Å². The average molecular weight is 319 g/mol. The fourth-order valence-electron chi connectivity index (χ4n) is 3.36. The molecule has 126 valence electrons. The first-order valence-electron chi connectivity index (χ1n) is 8.12. The van der Waals surface area contributed by atoms with E-state index < -0.39 is 0 Å². The van der Waals surface area contributed by atoms with Gasteiger partial charge in [0.15, 0.2) is 0 Å². The van der Waals surface area contributed by atoms with Crippen LogP contribution in [0.2, 0.25) is 0 Å². The fourth-order valence-corrected chi connectivity index (χ4v) is 3.36. The maximum Gasteiger partial charge on any atom is 0.248 e. The van der Waals surface area contributed by atoms with Crippen LogP contribution in [0.15, 0.2) is 24.5 Å². The molecule has 2 saturated heterocycles. The minimum Gasteiger partial charge on any atom is -0.372 e. The summed E-state index contributed by atoms with van der Waals surface area (Å²) in [7, 11) is 3.49. The summed E-state index contributed by atoms with van der Waals surface area (Å²) in [5.41, 5.74) is 1.15. The normalized spacial score (nSPS) is 23.0. The molecular weight excluding hydrogens is 294 g/mol. The van der Waals surface area contributed by atoms with Gasteiger partial charge in [0.1, 0.15) is 6.61 Å². The highest BCUT2D eigenvalue weighted by Gasteiger charge is 2.52. The zero-order chi connectivity index (χ0) is 16.3. The number of carbonyl (C=O) groups excluding carboxylic acids is 1. The standard InChI is InChI=1S/C17H25N3O3/c1-19(2)16(21)11-22-10-15-5-7-23-17(15)12-20(13-17)9-14-4-3-6-18-8-14/h3-4,6,8,15H,5,7,9-13H2,1-2H3/t15-/m1/s1. The SMILES string of the molecule is CN(C)C(=O)COC[C@H]1CCOC12CN(Cc1cccnc1)C2. The number of likely N-dealkylation sites (tertiary alicyclic amines) is 1. The largest absolute Gasteiger partial charge is 0.372 e. The minimum atomic E-state index is -0.0800. The summed E-state index contributed by atoms with van der Waals surface area (Å²) in [5.74, 6) is 0.382. The Balaban J connectivity index is 1.46. The third-order valence-electron chi connectivity index (χ3n) is 4.75. The third kappa shape index (κ3) is 3.71. The van der Waals surface area contributed by atoms with E-state index in [1.165, 1.54) is 5.56 Å². The van der Waals surface area contributed by atoms with Crippen LogP contribution in [0.3, 0.4) is 0 Å². The van der Waals surface area contributed by atoms with E-state index in [1.807, 2.05) is 12.3 Å². The molecule has 0 saturated carbocycles. The van der Waals surface area contributed by atoms with Crippen LogP contribution in [0, 0.1) is 5.92 Å². The van der Waals surface area contributed by atoms with Crippen molar-refractivity contribution in [2.24, 2.45) is 5.92 Å². The highest BCUT2D eigenvalue weighted by atomic mass is 16.5. The van der Waals surface area contributed by atoms with E-state index in [1.54, 1.807) is 25.2 Å². The van der Waals surface area contributed by atoms with Crippen molar-refractivity contribution in [3.8, 4) is 0 Å². The number of likely N-dealkylation sites (N-methyl/N-ethyl adjacent to an activating group) is 1. The molecule has 2 aliphatic rings. The van der Waals surface area contributed by atoms with Crippen molar-refractivity contribution in [1.82, 2.24) is 14.8 Å². The van der Waals surface area contributed by atoms with Crippen molar-refractivity contribution in [3.05, 3.63) is 30.1 Å². The van der Waals surface area contributed by atoms with E-state index in [9.17, 15) is 4.79 Å². The highest BCUT2D eigenvalue weighted by molar-refractivity contribution is 5.76. The number of hydrogen-bond acceptors (Lipinski definition) is 5. The van der Waals surface area contributed by atoms with Crippen molar-refractivity contribution in [1.29, 1.82) is 0 Å². The van der Waals surface area contributed by atoms with E-state index in [0.29, 0.717) is 12.5 Å². The molecule has 2 aliphatic heterocycles. The Morgan fingerprint density at radius 1 is 1.52 bits per heavy atom. The van der Waals surface area contributed by atoms with Crippen molar-refractivity contribution >= 4 is 5.91 Å². The van der Waals surface area contributed by atoms with Crippen LogP contribution in [-0.2, 0) is 20.8 Å². The maximum absolute atomic E-state index is 11.6. The first-order valence-corrected chi connectivity index (χ1v) is 8.12. The molecule has 0 unspecified atom stereocenters. The molecule has 1 aromatic rings. The Kier molecular flexibility index (Phi) is 4.94. The van der Waals surface area contributed by atoms with Crippen LogP contribution in [0.1, 0.15) is 12.0 Å². The second kappa shape index (κ2) is 6.95. The van der Waals surface area contributed by atoms with Crippen LogP contribution < -0.4 is 0 Å². The Hall–Kier alpha value is -1.50. The van der Waals surface area contributed by atoms with Crippen molar-refractivity contribution in [2.45, 2.75) is 18.6 Å². The predicted octanol–water partition coefficient (Wildman–Crippen LogP) is 0.777. The first-order chi connectivity index (χ1) is 11.1. The molecule has 23 heavy (non-hydrogen) atoms. The molecule has 1 aromatic heterocycles. The van der Waals surface area contributed by atoms with Gasteiger partial charge in [-0.05, 0) is 18.1 Å². The van der Waals surface area contributed by atoms with Gasteiger partial charge in [-0.1, -0.05) is 6.07 Å². The summed E-state index contributed by atoms with van der Waals surface area (Å²) in [4.78, 5) is 19.7. The van der Waals surface area contributed by atoms with Gasteiger partial charge in [-0.3, -0.25) is 14.7 Å². The number of rotatable bonds is 6. The van der Waals surface area contributed by atoms with Crippen LogP contribution in [-0.4, -0.2) is 73.3 Å². The number of pyridine rings is 1. The summed E-state index contributed by atoms with van der Waals surface area (Å²) >= 11 is 0. The second-order valence-electron chi connectivity index (χ2n) is 6.71. The number of aromatic nitrogens is 1. The second-order valence-corrected chi connectivity index (χ2v) is 6.71. The quantitative estimate of drug-likeness (QED) is 0.775. The van der Waals surface area contributed by atoms with Crippen LogP contribution in [0.5, 0.6) is 0 Å². The smallest absolute Gasteiger partial charge is 0.248 e. The summed E-state index contributed by atoms with van der Waals surface area (Å²) in [5, 5.41) is 0. The van der Waals surface area contributed by atoms with Gasteiger partial charge in [-0.25, -0.2) is 0 Å². The van der Waals surface area contributed by atoms with E-state index in [-0.39, 0.29) is 18.1 Å². The lowest BCUT2D eigenvalue weighted by atomic mass is 9.81. The van der Waals surface area contributed by atoms with E-state index in [0.717, 1.165) is 32.7 Å². The van der Waals surface area contributed by atoms with Crippen molar-refractivity contribution in [2.75, 3.05) is 47.0 Å². The molecule has 0 radical (unpaired) electrons. The Morgan fingerprint density at radius 2 is 2.35 bits per heavy atom. The van der Waals surface area contributed by atoms with Crippen molar-refractivity contribution in [3.63, 3.8) is 0 Å². The molecule has 2 fully saturated rings. The molecule has 0 aromatic carbocycles. The van der Waals surface area contributed by atoms with Gasteiger partial charge in [0.25, 0.3) is 0 Å². The molecule has 3 rings (SSSR count). The van der Waals surface area contributed by atoms with Gasteiger partial charge in [-0.2, -0.15) is 0 Å². The summed E-state index contributed by atoms with van der Waals surface area (Å²) < 4.78 is 11.7. The zero-order valence-electron chi connectivity index (χ0n) is 13.9. The molecule has 0 bridgehead atoms. The molecule has 1 amide bonds. The fraction of sp³-hybridized carbons (Fsp3) is 0.647. The maximum atomic E-state index is 11.6. The molecule has 3 heterocycles. The monoisotopic (exact) mass is 319 g/mol. The first kappa shape index (κ1) is 16.4. The zero-order valence-corrected chi connectivity index (χ0v) is 13.9. The summed E-state index contributed by atoms with van der Waals surface area (Å²) in [6.07, 6.45) is 4.72. The lowest BCUT2D eigenvalue weighted by Crippen LogP contribution is -2.64. The topological polar surface area (TPSA) is 54.9 Å². The van der Waals surface area contributed by atoms with Gasteiger partial charge in [0.05, 0.1) is 12.2 Å². The van der Waals surface area contributed by atoms with Gasteiger partial charge in [0, 0.05) is 58.6 Å². The number of amides is 1. The number of ether oxygens (including phenoxy) is 2. The molecule has 0 aliphatic carbocycles. The number of carbonyl (C=O) groups is 1. The van der Waals surface area contributed by atoms with Gasteiger partial charge < -0.3 is 14.4 Å². The lowest BCUT2D eigenvalue weighted by Gasteiger charge is -2.50. The number of nitrogens with zero attached hydrogens (tertiary/aromatic N) is 3. The van der Waals surface area contributed by atoms with Gasteiger partial charge >= 0.3 is 0 Å². The Labute approximate surface area is 137 Å². The van der Waals surface area contributed by atoms with E-state index in [2.05, 4.69) is 16.0 Å². The van der Waals surface area contributed by atoms with E-state index >= 15 is 0 Å². The number of hydrogen-bond donors (Lipinski definition) is 0. The summed E-state index contributed by atoms with van der Waals surface area (Å²) in [6, 6.07) is 4.07. The van der Waals surface area contributed by atoms with Crippen LogP contribution in [0.4, 0.5) is 0 Å². The molecule has 6 nitrogen and oxygen atoms in total. The Bertz CT molecular complexity index is 529. The van der Waals surface area contributed by atoms with Gasteiger partial charge in [-0.15, -0.1) is 0 Å². The summed E-state index contributed by atoms with van der Waals surface area (Å²) in [6.45, 7) is 4.30. The molecule has 1 atom stereocenters. The van der Waals surface area contributed by atoms with Gasteiger partial charge in [0.2, 0.25) is 5.91 Å². The Morgan fingerprint density at radius 3 is 3.04 bits per heavy atom. The molecular formula is C17H25N3O3. The third-order valence-corrected chi connectivity index (χ3v) is 4.75.